The number of benzene rings is 2. The summed E-state index contributed by atoms with van der Waals surface area (Å²) in [6.45, 7) is 9.84. The number of ether oxygens (including phenoxy) is 1. The molecule has 1 aliphatic rings. The topological polar surface area (TPSA) is 49.8 Å². The Morgan fingerprint density at radius 1 is 1.14 bits per heavy atom. The van der Waals surface area contributed by atoms with E-state index in [2.05, 4.69) is 60.9 Å². The molecule has 0 saturated heterocycles. The normalized spacial score (nSPS) is 14.2. The number of carbonyl (C=O) groups is 1. The lowest BCUT2D eigenvalue weighted by Crippen LogP contribution is -2.29. The molecule has 1 aliphatic heterocycles. The molecule has 2 aromatic carbocycles. The zero-order valence-corrected chi connectivity index (χ0v) is 21.5. The highest BCUT2D eigenvalue weighted by Gasteiger charge is 2.20. The van der Waals surface area contributed by atoms with Gasteiger partial charge in [-0.3, -0.25) is 9.69 Å². The van der Waals surface area contributed by atoms with E-state index in [4.69, 9.17) is 9.84 Å². The number of carboxylic acids is 1. The molecule has 3 aromatic rings. The van der Waals surface area contributed by atoms with E-state index in [0.29, 0.717) is 12.5 Å². The summed E-state index contributed by atoms with van der Waals surface area (Å²) >= 11 is 1.99. The van der Waals surface area contributed by atoms with Crippen LogP contribution in [0.2, 0.25) is 0 Å². The van der Waals surface area contributed by atoms with Crippen LogP contribution in [-0.2, 0) is 30.9 Å². The van der Waals surface area contributed by atoms with Crippen molar-refractivity contribution in [3.8, 4) is 17.6 Å². The Hall–Kier alpha value is -3.07. The third kappa shape index (κ3) is 6.75. The monoisotopic (exact) mass is 487 g/mol. The van der Waals surface area contributed by atoms with Gasteiger partial charge in [-0.25, -0.2) is 0 Å². The summed E-state index contributed by atoms with van der Waals surface area (Å²) in [5, 5.41) is 9.13. The van der Waals surface area contributed by atoms with E-state index in [1.54, 1.807) is 11.8 Å². The van der Waals surface area contributed by atoms with Gasteiger partial charge in [-0.05, 0) is 59.7 Å². The zero-order chi connectivity index (χ0) is 24.8. The maximum atomic E-state index is 11.1. The van der Waals surface area contributed by atoms with E-state index in [-0.39, 0.29) is 12.3 Å². The third-order valence-corrected chi connectivity index (χ3v) is 7.85. The molecular formula is C30H33NO3S. The average molecular weight is 488 g/mol. The molecule has 0 radical (unpaired) electrons. The SMILES string of the molecule is CC#C[C@@H](CC(=O)O)c1ccc(OCc2cccc(CN3CCc4sc(C(C)C)cc4C3)c2)cc1. The van der Waals surface area contributed by atoms with Crippen LogP contribution in [0.25, 0.3) is 0 Å². The second-order valence-electron chi connectivity index (χ2n) is 9.43. The second kappa shape index (κ2) is 11.6. The van der Waals surface area contributed by atoms with E-state index in [1.807, 2.05) is 35.6 Å². The van der Waals surface area contributed by atoms with Gasteiger partial charge in [-0.1, -0.05) is 56.2 Å². The minimum Gasteiger partial charge on any atom is -0.489 e. The molecule has 0 spiro atoms. The van der Waals surface area contributed by atoms with Crippen LogP contribution < -0.4 is 4.74 Å². The summed E-state index contributed by atoms with van der Waals surface area (Å²) in [5.74, 6) is 6.02. The molecule has 0 bridgehead atoms. The van der Waals surface area contributed by atoms with Crippen molar-refractivity contribution in [2.24, 2.45) is 0 Å². The van der Waals surface area contributed by atoms with Crippen molar-refractivity contribution in [2.45, 2.75) is 65.1 Å². The number of rotatable bonds is 9. The molecule has 35 heavy (non-hydrogen) atoms. The minimum atomic E-state index is -0.849. The predicted octanol–water partition coefficient (Wildman–Crippen LogP) is 6.59. The fraction of sp³-hybridized carbons (Fsp3) is 0.367. The van der Waals surface area contributed by atoms with Gasteiger partial charge in [0.2, 0.25) is 0 Å². The first-order chi connectivity index (χ1) is 16.9. The lowest BCUT2D eigenvalue weighted by atomic mass is 9.96. The Morgan fingerprint density at radius 3 is 2.63 bits per heavy atom. The fourth-order valence-electron chi connectivity index (χ4n) is 4.47. The first-order valence-electron chi connectivity index (χ1n) is 12.2. The summed E-state index contributed by atoms with van der Waals surface area (Å²) in [6.07, 6.45) is 1.14. The molecule has 5 heteroatoms. The quantitative estimate of drug-likeness (QED) is 0.346. The summed E-state index contributed by atoms with van der Waals surface area (Å²) < 4.78 is 6.02. The van der Waals surface area contributed by atoms with Gasteiger partial charge < -0.3 is 9.84 Å². The second-order valence-corrected chi connectivity index (χ2v) is 10.6. The van der Waals surface area contributed by atoms with Gasteiger partial charge >= 0.3 is 5.97 Å². The van der Waals surface area contributed by atoms with Crippen LogP contribution in [0, 0.1) is 11.8 Å². The molecule has 1 aromatic heterocycles. The highest BCUT2D eigenvalue weighted by atomic mass is 32.1. The van der Waals surface area contributed by atoms with E-state index in [9.17, 15) is 4.79 Å². The Balaban J connectivity index is 1.34. The van der Waals surface area contributed by atoms with Crippen molar-refractivity contribution in [3.63, 3.8) is 0 Å². The minimum absolute atomic E-state index is 0.00252. The van der Waals surface area contributed by atoms with Crippen molar-refractivity contribution >= 4 is 17.3 Å². The summed E-state index contributed by atoms with van der Waals surface area (Å²) in [6, 6.07) is 18.6. The molecule has 1 N–H and O–H groups in total. The molecule has 2 heterocycles. The third-order valence-electron chi connectivity index (χ3n) is 6.32. The Kier molecular flexibility index (Phi) is 8.28. The van der Waals surface area contributed by atoms with Gasteiger partial charge in [-0.2, -0.15) is 0 Å². The molecule has 182 valence electrons. The highest BCUT2D eigenvalue weighted by molar-refractivity contribution is 7.12. The molecule has 0 unspecified atom stereocenters. The van der Waals surface area contributed by atoms with E-state index in [0.717, 1.165) is 42.9 Å². The molecule has 0 amide bonds. The number of hydrogen-bond acceptors (Lipinski definition) is 4. The lowest BCUT2D eigenvalue weighted by Gasteiger charge is -2.27. The summed E-state index contributed by atoms with van der Waals surface area (Å²) in [5.41, 5.74) is 4.84. The summed E-state index contributed by atoms with van der Waals surface area (Å²) in [4.78, 5) is 16.7. The van der Waals surface area contributed by atoms with Crippen molar-refractivity contribution in [1.82, 2.24) is 4.90 Å². The van der Waals surface area contributed by atoms with Gasteiger partial charge in [0.15, 0.2) is 0 Å². The number of fused-ring (bicyclic) bond motifs is 1. The maximum absolute atomic E-state index is 11.1. The van der Waals surface area contributed by atoms with Gasteiger partial charge in [0.1, 0.15) is 12.4 Å². The van der Waals surface area contributed by atoms with Crippen molar-refractivity contribution in [3.05, 3.63) is 86.6 Å². The van der Waals surface area contributed by atoms with Crippen LogP contribution in [0.5, 0.6) is 5.75 Å². The highest BCUT2D eigenvalue weighted by Crippen LogP contribution is 2.32. The van der Waals surface area contributed by atoms with Crippen LogP contribution in [-0.4, -0.2) is 22.5 Å². The largest absolute Gasteiger partial charge is 0.489 e. The smallest absolute Gasteiger partial charge is 0.304 e. The standard InChI is InChI=1S/C30H33NO3S/c1-4-6-25(17-30(32)33)24-9-11-27(12-10-24)34-20-23-8-5-7-22(15-23)18-31-14-13-28-26(19-31)16-29(35-28)21(2)3/h5,7-12,15-16,21,25H,13-14,17-20H2,1-3H3,(H,32,33)/t25-/m0/s1. The van der Waals surface area contributed by atoms with E-state index >= 15 is 0 Å². The van der Waals surface area contributed by atoms with Crippen LogP contribution in [0.3, 0.4) is 0 Å². The lowest BCUT2D eigenvalue weighted by molar-refractivity contribution is -0.137. The van der Waals surface area contributed by atoms with Crippen LogP contribution in [0.1, 0.15) is 71.0 Å². The first kappa shape index (κ1) is 25.0. The number of thiophene rings is 1. The zero-order valence-electron chi connectivity index (χ0n) is 20.7. The Labute approximate surface area is 212 Å². The first-order valence-corrected chi connectivity index (χ1v) is 13.0. The molecule has 0 fully saturated rings. The number of carboxylic acid groups (broad SMARTS) is 1. The number of hydrogen-bond donors (Lipinski definition) is 1. The average Bonchev–Trinajstić information content (AvgIpc) is 3.27. The van der Waals surface area contributed by atoms with Gasteiger partial charge in [-0.15, -0.1) is 17.3 Å². The fourth-order valence-corrected chi connectivity index (χ4v) is 5.64. The number of nitrogens with zero attached hydrogens (tertiary/aromatic N) is 1. The molecular weight excluding hydrogens is 454 g/mol. The van der Waals surface area contributed by atoms with Crippen molar-refractivity contribution in [2.75, 3.05) is 6.54 Å². The van der Waals surface area contributed by atoms with Crippen molar-refractivity contribution in [1.29, 1.82) is 0 Å². The number of aliphatic carboxylic acids is 1. The van der Waals surface area contributed by atoms with E-state index in [1.165, 1.54) is 16.0 Å². The summed E-state index contributed by atoms with van der Waals surface area (Å²) in [7, 11) is 0. The van der Waals surface area contributed by atoms with Gasteiger partial charge in [0.05, 0.1) is 12.3 Å². The van der Waals surface area contributed by atoms with E-state index < -0.39 is 5.97 Å². The molecule has 4 rings (SSSR count). The van der Waals surface area contributed by atoms with Crippen LogP contribution in [0.15, 0.2) is 54.6 Å². The van der Waals surface area contributed by atoms with Crippen molar-refractivity contribution < 1.29 is 14.6 Å². The van der Waals surface area contributed by atoms with Crippen LogP contribution >= 0.6 is 11.3 Å². The Bertz CT molecular complexity index is 1220. The molecule has 0 aliphatic carbocycles. The molecule has 1 atom stereocenters. The molecule has 4 nitrogen and oxygen atoms in total. The Morgan fingerprint density at radius 2 is 1.91 bits per heavy atom. The molecule has 0 saturated carbocycles. The maximum Gasteiger partial charge on any atom is 0.304 e. The van der Waals surface area contributed by atoms with Crippen LogP contribution in [0.4, 0.5) is 0 Å². The van der Waals surface area contributed by atoms with Gasteiger partial charge in [0, 0.05) is 29.4 Å². The van der Waals surface area contributed by atoms with Gasteiger partial charge in [0.25, 0.3) is 0 Å². The predicted molar refractivity (Wildman–Crippen MR) is 142 cm³/mol.